The number of aliphatic hydroxyl groups excluding tert-OH is 1. The molecule has 0 fully saturated rings. The molecule has 0 unspecified atom stereocenters. The predicted molar refractivity (Wildman–Crippen MR) is 97.3 cm³/mol. The summed E-state index contributed by atoms with van der Waals surface area (Å²) in [7, 11) is 0. The van der Waals surface area contributed by atoms with Gasteiger partial charge in [0.15, 0.2) is 0 Å². The van der Waals surface area contributed by atoms with Crippen LogP contribution in [-0.4, -0.2) is 23.1 Å². The number of rotatable bonds is 6. The van der Waals surface area contributed by atoms with Gasteiger partial charge in [-0.25, -0.2) is 4.79 Å². The molecule has 0 spiro atoms. The zero-order chi connectivity index (χ0) is 18.2. The highest BCUT2D eigenvalue weighted by Crippen LogP contribution is 2.11. The summed E-state index contributed by atoms with van der Waals surface area (Å²) < 4.78 is 0. The molecule has 2 aromatic rings. The molecule has 4 N–H and O–H groups in total. The molecule has 0 heterocycles. The number of nitrogens with one attached hydrogen (secondary N) is 3. The smallest absolute Gasteiger partial charge is 0.319 e. The van der Waals surface area contributed by atoms with Gasteiger partial charge in [-0.1, -0.05) is 30.3 Å². The molecule has 6 nitrogen and oxygen atoms in total. The van der Waals surface area contributed by atoms with Crippen LogP contribution in [0.4, 0.5) is 10.5 Å². The lowest BCUT2D eigenvalue weighted by molar-refractivity contribution is 0.0951. The van der Waals surface area contributed by atoms with E-state index in [1.807, 2.05) is 38.1 Å². The van der Waals surface area contributed by atoms with Crippen molar-refractivity contribution in [2.75, 3.05) is 5.32 Å². The summed E-state index contributed by atoms with van der Waals surface area (Å²) in [5.74, 6) is -0.234. The number of aliphatic hydroxyl groups is 1. The number of benzene rings is 2. The minimum Gasteiger partial charge on any atom is -0.392 e. The summed E-state index contributed by atoms with van der Waals surface area (Å²) >= 11 is 0. The second-order valence-electron chi connectivity index (χ2n) is 5.99. The van der Waals surface area contributed by atoms with Crippen LogP contribution >= 0.6 is 0 Å². The van der Waals surface area contributed by atoms with E-state index in [4.69, 9.17) is 5.11 Å². The number of hydrogen-bond acceptors (Lipinski definition) is 3. The van der Waals surface area contributed by atoms with Gasteiger partial charge in [-0.3, -0.25) is 4.79 Å². The van der Waals surface area contributed by atoms with E-state index in [1.54, 1.807) is 24.3 Å². The lowest BCUT2D eigenvalue weighted by atomic mass is 10.1. The van der Waals surface area contributed by atoms with Crippen LogP contribution in [0.2, 0.25) is 0 Å². The molecular weight excluding hydrogens is 318 g/mol. The van der Waals surface area contributed by atoms with Crippen LogP contribution in [-0.2, 0) is 13.2 Å². The summed E-state index contributed by atoms with van der Waals surface area (Å²) in [6.45, 7) is 4.07. The van der Waals surface area contributed by atoms with E-state index in [0.717, 1.165) is 11.1 Å². The number of anilines is 1. The predicted octanol–water partition coefficient (Wildman–Crippen LogP) is 2.64. The monoisotopic (exact) mass is 341 g/mol. The Hall–Kier alpha value is -2.86. The first-order valence-corrected chi connectivity index (χ1v) is 8.12. The van der Waals surface area contributed by atoms with Gasteiger partial charge < -0.3 is 21.1 Å². The minimum atomic E-state index is -0.312. The fraction of sp³-hybridized carbons (Fsp3) is 0.263. The third-order valence-electron chi connectivity index (χ3n) is 3.43. The zero-order valence-corrected chi connectivity index (χ0v) is 14.4. The Morgan fingerprint density at radius 1 is 1.04 bits per heavy atom. The molecule has 0 aliphatic heterocycles. The van der Waals surface area contributed by atoms with Crippen molar-refractivity contribution in [3.8, 4) is 0 Å². The maximum absolute atomic E-state index is 12.3. The highest BCUT2D eigenvalue weighted by Gasteiger charge is 2.08. The SMILES string of the molecule is CC(C)NC(=O)Nc1cccc(C(=O)NCc2cccc(CO)c2)c1. The van der Waals surface area contributed by atoms with Crippen LogP contribution in [0.1, 0.15) is 35.3 Å². The molecule has 0 aromatic heterocycles. The van der Waals surface area contributed by atoms with Crippen LogP contribution in [0.5, 0.6) is 0 Å². The lowest BCUT2D eigenvalue weighted by Crippen LogP contribution is -2.34. The molecule has 0 aliphatic rings. The maximum atomic E-state index is 12.3. The van der Waals surface area contributed by atoms with E-state index in [2.05, 4.69) is 16.0 Å². The maximum Gasteiger partial charge on any atom is 0.319 e. The fourth-order valence-electron chi connectivity index (χ4n) is 2.29. The summed E-state index contributed by atoms with van der Waals surface area (Å²) in [6.07, 6.45) is 0. The first kappa shape index (κ1) is 18.5. The third kappa shape index (κ3) is 5.93. The molecule has 0 atom stereocenters. The van der Waals surface area contributed by atoms with Crippen LogP contribution in [0.15, 0.2) is 48.5 Å². The van der Waals surface area contributed by atoms with Gasteiger partial charge >= 0.3 is 6.03 Å². The van der Waals surface area contributed by atoms with Crippen LogP contribution in [0.25, 0.3) is 0 Å². The lowest BCUT2D eigenvalue weighted by Gasteiger charge is -2.11. The second kappa shape index (κ2) is 8.84. The number of amides is 3. The van der Waals surface area contributed by atoms with E-state index in [1.165, 1.54) is 0 Å². The molecule has 132 valence electrons. The van der Waals surface area contributed by atoms with Crippen molar-refractivity contribution >= 4 is 17.6 Å². The van der Waals surface area contributed by atoms with Gasteiger partial charge in [-0.05, 0) is 43.2 Å². The van der Waals surface area contributed by atoms with Crippen LogP contribution < -0.4 is 16.0 Å². The fourth-order valence-corrected chi connectivity index (χ4v) is 2.29. The van der Waals surface area contributed by atoms with Crippen molar-refractivity contribution in [1.29, 1.82) is 0 Å². The van der Waals surface area contributed by atoms with Crippen molar-refractivity contribution in [2.24, 2.45) is 0 Å². The van der Waals surface area contributed by atoms with Gasteiger partial charge in [-0.15, -0.1) is 0 Å². The van der Waals surface area contributed by atoms with Gasteiger partial charge in [0.05, 0.1) is 6.61 Å². The van der Waals surface area contributed by atoms with Crippen molar-refractivity contribution in [3.63, 3.8) is 0 Å². The highest BCUT2D eigenvalue weighted by atomic mass is 16.3. The van der Waals surface area contributed by atoms with Crippen LogP contribution in [0.3, 0.4) is 0 Å². The Balaban J connectivity index is 1.97. The van der Waals surface area contributed by atoms with Crippen LogP contribution in [0, 0.1) is 0 Å². The van der Waals surface area contributed by atoms with E-state index in [9.17, 15) is 9.59 Å². The summed E-state index contributed by atoms with van der Waals surface area (Å²) in [5, 5.41) is 17.4. The Bertz CT molecular complexity index is 744. The molecule has 0 radical (unpaired) electrons. The first-order chi connectivity index (χ1) is 12.0. The Kier molecular flexibility index (Phi) is 6.54. The molecule has 0 saturated carbocycles. The average molecular weight is 341 g/mol. The molecule has 2 rings (SSSR count). The van der Waals surface area contributed by atoms with Gasteiger partial charge in [0.1, 0.15) is 0 Å². The van der Waals surface area contributed by atoms with Crippen molar-refractivity contribution in [2.45, 2.75) is 33.0 Å². The molecule has 2 aromatic carbocycles. The van der Waals surface area contributed by atoms with Gasteiger partial charge in [0.2, 0.25) is 0 Å². The Morgan fingerprint density at radius 2 is 1.76 bits per heavy atom. The van der Waals surface area contributed by atoms with E-state index in [0.29, 0.717) is 17.8 Å². The summed E-state index contributed by atoms with van der Waals surface area (Å²) in [5.41, 5.74) is 2.72. The first-order valence-electron chi connectivity index (χ1n) is 8.12. The summed E-state index contributed by atoms with van der Waals surface area (Å²) in [6, 6.07) is 13.8. The van der Waals surface area contributed by atoms with Gasteiger partial charge in [-0.2, -0.15) is 0 Å². The largest absolute Gasteiger partial charge is 0.392 e. The average Bonchev–Trinajstić information content (AvgIpc) is 2.59. The molecule has 25 heavy (non-hydrogen) atoms. The van der Waals surface area contributed by atoms with Gasteiger partial charge in [0, 0.05) is 23.8 Å². The molecule has 0 saturated heterocycles. The molecule has 6 heteroatoms. The zero-order valence-electron chi connectivity index (χ0n) is 14.4. The third-order valence-corrected chi connectivity index (χ3v) is 3.43. The van der Waals surface area contributed by atoms with Crippen molar-refractivity contribution in [3.05, 3.63) is 65.2 Å². The number of urea groups is 1. The minimum absolute atomic E-state index is 0.0289. The second-order valence-corrected chi connectivity index (χ2v) is 5.99. The van der Waals surface area contributed by atoms with Gasteiger partial charge in [0.25, 0.3) is 5.91 Å². The quantitative estimate of drug-likeness (QED) is 0.651. The number of hydrogen-bond donors (Lipinski definition) is 4. The highest BCUT2D eigenvalue weighted by molar-refractivity contribution is 5.96. The number of carbonyl (C=O) groups is 2. The van der Waals surface area contributed by atoms with E-state index >= 15 is 0 Å². The van der Waals surface area contributed by atoms with Crippen molar-refractivity contribution < 1.29 is 14.7 Å². The normalized spacial score (nSPS) is 10.4. The Labute approximate surface area is 147 Å². The molecule has 0 bridgehead atoms. The molecular formula is C19H23N3O3. The standard InChI is InChI=1S/C19H23N3O3/c1-13(2)21-19(25)22-17-8-4-7-16(10-17)18(24)20-11-14-5-3-6-15(9-14)12-23/h3-10,13,23H,11-12H2,1-2H3,(H,20,24)(H2,21,22,25). The Morgan fingerprint density at radius 3 is 2.48 bits per heavy atom. The van der Waals surface area contributed by atoms with E-state index < -0.39 is 0 Å². The topological polar surface area (TPSA) is 90.5 Å². The molecule has 3 amide bonds. The summed E-state index contributed by atoms with van der Waals surface area (Å²) in [4.78, 5) is 24.0. The van der Waals surface area contributed by atoms with E-state index in [-0.39, 0.29) is 24.6 Å². The van der Waals surface area contributed by atoms with Crippen molar-refractivity contribution in [1.82, 2.24) is 10.6 Å². The molecule has 0 aliphatic carbocycles. The number of carbonyl (C=O) groups excluding carboxylic acids is 2.